The molecule has 0 saturated heterocycles. The van der Waals surface area contributed by atoms with Gasteiger partial charge in [-0.2, -0.15) is 5.26 Å². The van der Waals surface area contributed by atoms with Crippen molar-refractivity contribution in [3.8, 4) is 11.8 Å². The summed E-state index contributed by atoms with van der Waals surface area (Å²) in [5.74, 6) is -0.410. The van der Waals surface area contributed by atoms with E-state index in [2.05, 4.69) is 16.7 Å². The van der Waals surface area contributed by atoms with Crippen molar-refractivity contribution in [3.63, 3.8) is 0 Å². The molecule has 0 fully saturated rings. The van der Waals surface area contributed by atoms with Crippen LogP contribution in [0.3, 0.4) is 0 Å². The summed E-state index contributed by atoms with van der Waals surface area (Å²) in [6, 6.07) is 14.1. The smallest absolute Gasteiger partial charge is 0.234 e. The second-order valence-electron chi connectivity index (χ2n) is 6.40. The molecule has 0 bridgehead atoms. The van der Waals surface area contributed by atoms with Crippen LogP contribution in [0.1, 0.15) is 17.9 Å². The molecule has 0 aromatic heterocycles. The molecule has 0 aliphatic carbocycles. The normalized spacial score (nSPS) is 15.9. The molecule has 0 unspecified atom stereocenters. The monoisotopic (exact) mass is 461 g/mol. The molecule has 0 radical (unpaired) electrons. The fraction of sp³-hybridized carbons (Fsp3) is 0.190. The third-order valence-corrected chi connectivity index (χ3v) is 5.97. The maximum absolute atomic E-state index is 12.3. The maximum Gasteiger partial charge on any atom is 0.234 e. The predicted molar refractivity (Wildman–Crippen MR) is 119 cm³/mol. The first-order valence-electron chi connectivity index (χ1n) is 8.87. The Morgan fingerprint density at radius 1 is 1.30 bits per heavy atom. The number of amides is 2. The fourth-order valence-corrected chi connectivity index (χ4v) is 4.25. The van der Waals surface area contributed by atoms with Crippen LogP contribution in [0.2, 0.25) is 10.0 Å². The second-order valence-corrected chi connectivity index (χ2v) is 8.23. The summed E-state index contributed by atoms with van der Waals surface area (Å²) in [5, 5.41) is 16.5. The minimum Gasteiger partial charge on any atom is -0.495 e. The number of carbonyl (C=O) groups is 2. The van der Waals surface area contributed by atoms with Gasteiger partial charge in [-0.15, -0.1) is 0 Å². The van der Waals surface area contributed by atoms with Crippen molar-refractivity contribution < 1.29 is 14.3 Å². The minimum absolute atomic E-state index is 0.0273. The van der Waals surface area contributed by atoms with E-state index in [0.717, 1.165) is 17.3 Å². The summed E-state index contributed by atoms with van der Waals surface area (Å²) < 4.78 is 5.16. The number of methoxy groups -OCH3 is 1. The SMILES string of the molecule is COc1ccc([C@@H]2CC(=O)NC(SCC(=O)Nc3ccc(Cl)cc3)=C2C#N)cc1Cl. The molecule has 1 aliphatic rings. The lowest BCUT2D eigenvalue weighted by Gasteiger charge is -2.25. The van der Waals surface area contributed by atoms with Gasteiger partial charge in [0, 0.05) is 23.0 Å². The summed E-state index contributed by atoms with van der Waals surface area (Å²) >= 11 is 13.2. The van der Waals surface area contributed by atoms with Crippen LogP contribution in [-0.2, 0) is 9.59 Å². The number of benzene rings is 2. The van der Waals surface area contributed by atoms with Gasteiger partial charge >= 0.3 is 0 Å². The molecule has 2 aromatic rings. The van der Waals surface area contributed by atoms with E-state index in [1.807, 2.05) is 0 Å². The van der Waals surface area contributed by atoms with Crippen molar-refractivity contribution in [2.24, 2.45) is 0 Å². The summed E-state index contributed by atoms with van der Waals surface area (Å²) in [5.41, 5.74) is 1.73. The molecule has 1 atom stereocenters. The van der Waals surface area contributed by atoms with Crippen LogP contribution >= 0.6 is 35.0 Å². The highest BCUT2D eigenvalue weighted by molar-refractivity contribution is 8.03. The Bertz CT molecular complexity index is 1050. The van der Waals surface area contributed by atoms with Crippen LogP contribution in [0, 0.1) is 11.3 Å². The molecule has 2 N–H and O–H groups in total. The Labute approximate surface area is 188 Å². The fourth-order valence-electron chi connectivity index (χ4n) is 2.99. The Morgan fingerprint density at radius 3 is 2.67 bits per heavy atom. The molecule has 0 saturated carbocycles. The lowest BCUT2D eigenvalue weighted by molar-refractivity contribution is -0.121. The van der Waals surface area contributed by atoms with Gasteiger partial charge in [0.25, 0.3) is 0 Å². The van der Waals surface area contributed by atoms with E-state index < -0.39 is 5.92 Å². The molecular formula is C21H17Cl2N3O3S. The molecule has 0 spiro atoms. The van der Waals surface area contributed by atoms with Crippen LogP contribution in [0.5, 0.6) is 5.75 Å². The summed E-state index contributed by atoms with van der Waals surface area (Å²) in [6.07, 6.45) is 0.118. The van der Waals surface area contributed by atoms with E-state index in [0.29, 0.717) is 32.1 Å². The van der Waals surface area contributed by atoms with Gasteiger partial charge in [0.2, 0.25) is 11.8 Å². The zero-order valence-corrected chi connectivity index (χ0v) is 18.2. The Hall–Kier alpha value is -2.66. The Kier molecular flexibility index (Phi) is 7.27. The number of allylic oxidation sites excluding steroid dienone is 1. The van der Waals surface area contributed by atoms with Gasteiger partial charge in [-0.3, -0.25) is 9.59 Å². The van der Waals surface area contributed by atoms with E-state index in [1.54, 1.807) is 42.5 Å². The van der Waals surface area contributed by atoms with E-state index in [1.165, 1.54) is 7.11 Å². The number of nitrogens with one attached hydrogen (secondary N) is 2. The number of rotatable bonds is 6. The number of ether oxygens (including phenoxy) is 1. The molecule has 2 amide bonds. The molecule has 1 aliphatic heterocycles. The molecule has 6 nitrogen and oxygen atoms in total. The molecule has 30 heavy (non-hydrogen) atoms. The average Bonchev–Trinajstić information content (AvgIpc) is 2.73. The van der Waals surface area contributed by atoms with Crippen LogP contribution in [-0.4, -0.2) is 24.7 Å². The van der Waals surface area contributed by atoms with Gasteiger partial charge in [-0.05, 0) is 42.0 Å². The number of hydrogen-bond acceptors (Lipinski definition) is 5. The summed E-state index contributed by atoms with van der Waals surface area (Å²) in [7, 11) is 1.51. The van der Waals surface area contributed by atoms with Crippen LogP contribution < -0.4 is 15.4 Å². The molecular weight excluding hydrogens is 445 g/mol. The van der Waals surface area contributed by atoms with Gasteiger partial charge in [0.15, 0.2) is 0 Å². The number of anilines is 1. The number of hydrogen-bond donors (Lipinski definition) is 2. The van der Waals surface area contributed by atoms with Gasteiger partial charge in [-0.25, -0.2) is 0 Å². The maximum atomic E-state index is 12.3. The predicted octanol–water partition coefficient (Wildman–Crippen LogP) is 4.71. The van der Waals surface area contributed by atoms with Crippen molar-refractivity contribution in [2.75, 3.05) is 18.2 Å². The highest BCUT2D eigenvalue weighted by atomic mass is 35.5. The number of halogens is 2. The van der Waals surface area contributed by atoms with Crippen molar-refractivity contribution in [1.29, 1.82) is 5.26 Å². The van der Waals surface area contributed by atoms with Gasteiger partial charge in [0.1, 0.15) is 5.75 Å². The third kappa shape index (κ3) is 5.28. The zero-order valence-electron chi connectivity index (χ0n) is 15.9. The van der Waals surface area contributed by atoms with Crippen LogP contribution in [0.15, 0.2) is 53.1 Å². The lowest BCUT2D eigenvalue weighted by Crippen LogP contribution is -2.31. The van der Waals surface area contributed by atoms with Crippen LogP contribution in [0.4, 0.5) is 5.69 Å². The van der Waals surface area contributed by atoms with Crippen molar-refractivity contribution in [3.05, 3.63) is 68.7 Å². The summed E-state index contributed by atoms with van der Waals surface area (Å²) in [4.78, 5) is 24.5. The standard InChI is InChI=1S/C21H17Cl2N3O3S/c1-29-18-7-2-12(8-17(18)23)15-9-19(27)26-21(16(15)10-24)30-11-20(28)25-14-5-3-13(22)4-6-14/h2-8,15H,9,11H2,1H3,(H,25,28)(H,26,27)/t15-/m0/s1. The van der Waals surface area contributed by atoms with Crippen LogP contribution in [0.25, 0.3) is 0 Å². The number of nitrogens with zero attached hydrogens (tertiary/aromatic N) is 1. The van der Waals surface area contributed by atoms with Gasteiger partial charge in [0.05, 0.1) is 34.6 Å². The minimum atomic E-state index is -0.450. The topological polar surface area (TPSA) is 91.2 Å². The molecule has 2 aromatic carbocycles. The second kappa shape index (κ2) is 9.90. The van der Waals surface area contributed by atoms with E-state index >= 15 is 0 Å². The highest BCUT2D eigenvalue weighted by Crippen LogP contribution is 2.38. The molecule has 154 valence electrons. The number of nitriles is 1. The molecule has 9 heteroatoms. The van der Waals surface area contributed by atoms with E-state index in [9.17, 15) is 14.9 Å². The third-order valence-electron chi connectivity index (χ3n) is 4.41. The highest BCUT2D eigenvalue weighted by Gasteiger charge is 2.30. The Morgan fingerprint density at radius 2 is 2.03 bits per heavy atom. The Balaban J connectivity index is 1.77. The quantitative estimate of drug-likeness (QED) is 0.649. The van der Waals surface area contributed by atoms with Gasteiger partial charge in [-0.1, -0.05) is 41.0 Å². The number of carbonyl (C=O) groups excluding carboxylic acids is 2. The van der Waals surface area contributed by atoms with Crippen molar-refractivity contribution >= 4 is 52.5 Å². The van der Waals surface area contributed by atoms with Crippen molar-refractivity contribution in [2.45, 2.75) is 12.3 Å². The van der Waals surface area contributed by atoms with Gasteiger partial charge < -0.3 is 15.4 Å². The van der Waals surface area contributed by atoms with E-state index in [-0.39, 0.29) is 24.0 Å². The molecule has 3 rings (SSSR count). The first-order chi connectivity index (χ1) is 14.4. The van der Waals surface area contributed by atoms with E-state index in [4.69, 9.17) is 27.9 Å². The van der Waals surface area contributed by atoms with Crippen molar-refractivity contribution in [1.82, 2.24) is 5.32 Å². The largest absolute Gasteiger partial charge is 0.495 e. The summed E-state index contributed by atoms with van der Waals surface area (Å²) in [6.45, 7) is 0. The average molecular weight is 462 g/mol. The molecule has 1 heterocycles. The lowest BCUT2D eigenvalue weighted by atomic mass is 9.87. The number of thioether (sulfide) groups is 1. The first kappa shape index (κ1) is 22.0. The first-order valence-corrected chi connectivity index (χ1v) is 10.6. The zero-order chi connectivity index (χ0) is 21.7.